The minimum absolute atomic E-state index is 0.0674. The van der Waals surface area contributed by atoms with Crippen LogP contribution in [0.15, 0.2) is 16.9 Å². The first-order valence-electron chi connectivity index (χ1n) is 15.2. The molecule has 3 atom stereocenters. The Morgan fingerprint density at radius 3 is 2.80 bits per heavy atom. The number of hydrogen-bond donors (Lipinski definition) is 2. The summed E-state index contributed by atoms with van der Waals surface area (Å²) in [7, 11) is 2.16. The van der Waals surface area contributed by atoms with Crippen LogP contribution in [0.2, 0.25) is 0 Å². The molecule has 5 aromatic rings. The van der Waals surface area contributed by atoms with Gasteiger partial charge in [-0.1, -0.05) is 5.16 Å². The fraction of sp³-hybridized carbons (Fsp3) is 0.500. The largest absolute Gasteiger partial charge is 0.390 e. The van der Waals surface area contributed by atoms with Gasteiger partial charge in [0.1, 0.15) is 16.8 Å². The van der Waals surface area contributed by atoms with Crippen LogP contribution in [0.3, 0.4) is 0 Å². The summed E-state index contributed by atoms with van der Waals surface area (Å²) in [6.45, 7) is 3.00. The Hall–Kier alpha value is -4.19. The minimum Gasteiger partial charge on any atom is -0.390 e. The van der Waals surface area contributed by atoms with Crippen LogP contribution in [0.4, 0.5) is 5.00 Å². The molecule has 8 rings (SSSR count). The lowest BCUT2D eigenvalue weighted by atomic mass is 9.63. The van der Waals surface area contributed by atoms with E-state index in [4.69, 9.17) is 25.3 Å². The summed E-state index contributed by atoms with van der Waals surface area (Å²) >= 11 is 1.53. The predicted molar refractivity (Wildman–Crippen MR) is 162 cm³/mol. The maximum absolute atomic E-state index is 10.1. The van der Waals surface area contributed by atoms with E-state index in [2.05, 4.69) is 40.3 Å². The topological polar surface area (TPSA) is 174 Å². The molecule has 44 heavy (non-hydrogen) atoms. The molecule has 0 amide bonds. The Labute approximate surface area is 257 Å². The number of aliphatic hydroxyl groups is 1. The smallest absolute Gasteiger partial charge is 0.189 e. The van der Waals surface area contributed by atoms with Crippen LogP contribution in [0.5, 0.6) is 0 Å². The Balaban J connectivity index is 1.31. The van der Waals surface area contributed by atoms with Crippen molar-refractivity contribution in [3.63, 3.8) is 0 Å². The van der Waals surface area contributed by atoms with Crippen molar-refractivity contribution >= 4 is 27.4 Å². The van der Waals surface area contributed by atoms with E-state index in [1.165, 1.54) is 27.2 Å². The monoisotopic (exact) mass is 611 g/mol. The fourth-order valence-corrected chi connectivity index (χ4v) is 9.02. The van der Waals surface area contributed by atoms with Gasteiger partial charge in [-0.3, -0.25) is 0 Å². The van der Waals surface area contributed by atoms with Crippen molar-refractivity contribution in [2.45, 2.75) is 82.4 Å². The number of nitrogens with zero attached hydrogens (tertiary/aromatic N) is 10. The molecule has 0 radical (unpaired) electrons. The third-order valence-electron chi connectivity index (χ3n) is 9.91. The van der Waals surface area contributed by atoms with Gasteiger partial charge in [0.15, 0.2) is 28.7 Å². The van der Waals surface area contributed by atoms with Crippen molar-refractivity contribution in [3.05, 3.63) is 45.4 Å². The zero-order chi connectivity index (χ0) is 30.2. The van der Waals surface area contributed by atoms with Gasteiger partial charge < -0.3 is 20.3 Å². The van der Waals surface area contributed by atoms with E-state index >= 15 is 0 Å². The number of thiophene rings is 1. The molecular weight excluding hydrogens is 578 g/mol. The van der Waals surface area contributed by atoms with Crippen molar-refractivity contribution in [1.29, 1.82) is 5.26 Å². The first kappa shape index (κ1) is 27.4. The molecule has 0 saturated carbocycles. The van der Waals surface area contributed by atoms with Crippen LogP contribution in [0, 0.1) is 11.3 Å². The fourth-order valence-electron chi connectivity index (χ4n) is 7.86. The number of likely N-dealkylation sites (tertiary alicyclic amines) is 1. The van der Waals surface area contributed by atoms with Crippen molar-refractivity contribution in [2.75, 3.05) is 19.3 Å². The maximum atomic E-state index is 10.1. The summed E-state index contributed by atoms with van der Waals surface area (Å²) in [6, 6.07) is 2.79. The average molecular weight is 612 g/mol. The Morgan fingerprint density at radius 2 is 2.05 bits per heavy atom. The third-order valence-corrected chi connectivity index (χ3v) is 11.0. The van der Waals surface area contributed by atoms with E-state index in [0.717, 1.165) is 74.8 Å². The maximum Gasteiger partial charge on any atom is 0.189 e. The molecular formula is C30H33N11O2S. The zero-order valence-electron chi connectivity index (χ0n) is 24.7. The van der Waals surface area contributed by atoms with E-state index in [-0.39, 0.29) is 12.6 Å². The van der Waals surface area contributed by atoms with Gasteiger partial charge in [-0.2, -0.15) is 15.5 Å². The number of nitriles is 1. The number of nitrogen functional groups attached to an aromatic ring is 1. The molecule has 226 valence electrons. The predicted octanol–water partition coefficient (Wildman–Crippen LogP) is 3.68. The second kappa shape index (κ2) is 10.2. The lowest BCUT2D eigenvalue weighted by molar-refractivity contribution is 0.232. The van der Waals surface area contributed by atoms with E-state index in [9.17, 15) is 10.4 Å². The van der Waals surface area contributed by atoms with Gasteiger partial charge in [-0.25, -0.2) is 14.6 Å². The molecule has 0 unspecified atom stereocenters. The van der Waals surface area contributed by atoms with E-state index in [1.807, 2.05) is 4.68 Å². The number of rotatable bonds is 5. The van der Waals surface area contributed by atoms with E-state index in [0.29, 0.717) is 50.7 Å². The third kappa shape index (κ3) is 3.89. The first-order valence-corrected chi connectivity index (χ1v) is 16.0. The van der Waals surface area contributed by atoms with Gasteiger partial charge in [0, 0.05) is 16.5 Å². The normalized spacial score (nSPS) is 22.4. The van der Waals surface area contributed by atoms with Gasteiger partial charge in [0.2, 0.25) is 0 Å². The molecule has 3 N–H and O–H groups in total. The summed E-state index contributed by atoms with van der Waals surface area (Å²) in [5.41, 5.74) is 10.2. The summed E-state index contributed by atoms with van der Waals surface area (Å²) in [5.74, 6) is 1.67. The first-order chi connectivity index (χ1) is 21.4. The van der Waals surface area contributed by atoms with Crippen LogP contribution in [0.1, 0.15) is 84.5 Å². The highest BCUT2D eigenvalue weighted by molar-refractivity contribution is 7.16. The molecule has 5 aromatic heterocycles. The summed E-state index contributed by atoms with van der Waals surface area (Å²) in [6.07, 6.45) is 10.9. The highest BCUT2D eigenvalue weighted by Gasteiger charge is 2.49. The molecule has 1 spiro atoms. The summed E-state index contributed by atoms with van der Waals surface area (Å²) in [5, 5.41) is 39.3. The molecule has 3 aliphatic rings. The molecule has 1 fully saturated rings. The van der Waals surface area contributed by atoms with Gasteiger partial charge in [0.05, 0.1) is 41.4 Å². The number of anilines is 1. The highest BCUT2D eigenvalue weighted by Crippen LogP contribution is 2.55. The van der Waals surface area contributed by atoms with Crippen LogP contribution in [0.25, 0.3) is 28.4 Å². The molecule has 14 heteroatoms. The van der Waals surface area contributed by atoms with Gasteiger partial charge in [0.25, 0.3) is 0 Å². The van der Waals surface area contributed by atoms with Crippen molar-refractivity contribution in [3.8, 4) is 23.4 Å². The molecule has 6 heterocycles. The van der Waals surface area contributed by atoms with Crippen molar-refractivity contribution in [1.82, 2.24) is 44.8 Å². The SMILES string of the molecule is C[C@@H]([C@@H]1CCCN1C)n1ncc2c(-n3ncc(CO)n3)nc(-c3noc4c3CCC[C@@]43CCCc4sc(N)c(C#N)c43)nc21. The Kier molecular flexibility index (Phi) is 6.33. The number of aliphatic hydroxyl groups excluding tert-OH is 1. The number of likely N-dealkylation sites (N-methyl/N-ethyl adjacent to an activating group) is 1. The molecule has 0 bridgehead atoms. The minimum atomic E-state index is -0.443. The van der Waals surface area contributed by atoms with Crippen LogP contribution >= 0.6 is 11.3 Å². The molecule has 2 aliphatic carbocycles. The quantitative estimate of drug-likeness (QED) is 0.297. The van der Waals surface area contributed by atoms with Gasteiger partial charge in [-0.15, -0.1) is 21.2 Å². The van der Waals surface area contributed by atoms with Crippen LogP contribution in [-0.4, -0.2) is 69.5 Å². The lowest BCUT2D eigenvalue weighted by Gasteiger charge is -2.39. The number of hydrogen-bond acceptors (Lipinski definition) is 12. The molecule has 0 aromatic carbocycles. The van der Waals surface area contributed by atoms with Crippen LogP contribution < -0.4 is 5.73 Å². The standard InChI is InChI=1S/C30H33N11O2S/c1-16(21-7-5-11-39(21)2)40-28-20(14-33-40)29(41-34-13-17(15-42)37-41)36-27(35-28)24-18-6-3-9-30(25(18)43-38-24)10-4-8-22-23(30)19(12-31)26(32)44-22/h13-14,16,21,42H,3-11,15,32H2,1-2H3/t16-,21-,30-/m0/s1. The van der Waals surface area contributed by atoms with Gasteiger partial charge in [-0.05, 0) is 77.4 Å². The Morgan fingerprint density at radius 1 is 1.20 bits per heavy atom. The summed E-state index contributed by atoms with van der Waals surface area (Å²) in [4.78, 5) is 15.0. The molecule has 1 aliphatic heterocycles. The van der Waals surface area contributed by atoms with E-state index in [1.54, 1.807) is 6.20 Å². The van der Waals surface area contributed by atoms with Crippen LogP contribution in [-0.2, 0) is 24.9 Å². The lowest BCUT2D eigenvalue weighted by Crippen LogP contribution is -2.35. The van der Waals surface area contributed by atoms with E-state index < -0.39 is 5.41 Å². The number of nitrogens with two attached hydrogens (primary N) is 1. The number of fused-ring (bicyclic) bond motifs is 5. The average Bonchev–Trinajstić information content (AvgIpc) is 3.86. The molecule has 13 nitrogen and oxygen atoms in total. The van der Waals surface area contributed by atoms with Crippen molar-refractivity contribution < 1.29 is 9.63 Å². The second-order valence-corrected chi connectivity index (χ2v) is 13.4. The number of aromatic nitrogens is 8. The zero-order valence-corrected chi connectivity index (χ0v) is 25.5. The second-order valence-electron chi connectivity index (χ2n) is 12.3. The summed E-state index contributed by atoms with van der Waals surface area (Å²) < 4.78 is 8.23. The highest BCUT2D eigenvalue weighted by atomic mass is 32.1. The number of aryl methyl sites for hydroxylation is 1. The van der Waals surface area contributed by atoms with Crippen molar-refractivity contribution in [2.24, 2.45) is 0 Å². The Bertz CT molecular complexity index is 1940. The van der Waals surface area contributed by atoms with Gasteiger partial charge >= 0.3 is 0 Å². The molecule has 1 saturated heterocycles.